The van der Waals surface area contributed by atoms with Crippen LogP contribution in [0.5, 0.6) is 0 Å². The van der Waals surface area contributed by atoms with E-state index in [0.717, 1.165) is 6.54 Å². The van der Waals surface area contributed by atoms with Gasteiger partial charge in [0.2, 0.25) is 0 Å². The number of nitrogens with one attached hydrogen (secondary N) is 2. The van der Waals surface area contributed by atoms with E-state index in [9.17, 15) is 4.79 Å². The molecule has 1 unspecified atom stereocenters. The van der Waals surface area contributed by atoms with Crippen molar-refractivity contribution < 1.29 is 4.79 Å². The Morgan fingerprint density at radius 3 is 2.92 bits per heavy atom. The largest absolute Gasteiger partial charge is 0.338 e. The average Bonchev–Trinajstić information content (AvgIpc) is 2.17. The molecule has 1 aliphatic heterocycles. The van der Waals surface area contributed by atoms with Crippen molar-refractivity contribution in [2.24, 2.45) is 0 Å². The zero-order chi connectivity index (χ0) is 9.52. The van der Waals surface area contributed by atoms with E-state index in [1.54, 1.807) is 0 Å². The van der Waals surface area contributed by atoms with Gasteiger partial charge in [0.1, 0.15) is 0 Å². The van der Waals surface area contributed by atoms with Gasteiger partial charge in [-0.05, 0) is 25.5 Å². The molecule has 0 bridgehead atoms. The number of amides is 2. The van der Waals surface area contributed by atoms with Crippen LogP contribution < -0.4 is 10.6 Å². The van der Waals surface area contributed by atoms with Crippen molar-refractivity contribution in [2.45, 2.75) is 31.4 Å². The lowest BCUT2D eigenvalue weighted by Crippen LogP contribution is -2.39. The molecular formula is C9H18N2OS. The maximum absolute atomic E-state index is 11.1. The van der Waals surface area contributed by atoms with E-state index < -0.39 is 0 Å². The highest BCUT2D eigenvalue weighted by Gasteiger charge is 2.13. The minimum absolute atomic E-state index is 0.0336. The Balaban J connectivity index is 2.06. The Morgan fingerprint density at radius 1 is 1.46 bits per heavy atom. The van der Waals surface area contributed by atoms with Gasteiger partial charge >= 0.3 is 6.03 Å². The third kappa shape index (κ3) is 4.41. The van der Waals surface area contributed by atoms with Crippen molar-refractivity contribution in [3.8, 4) is 0 Å². The molecule has 0 aromatic rings. The van der Waals surface area contributed by atoms with Gasteiger partial charge < -0.3 is 10.6 Å². The Morgan fingerprint density at radius 2 is 2.31 bits per heavy atom. The summed E-state index contributed by atoms with van der Waals surface area (Å²) in [5, 5.41) is 6.24. The third-order valence-electron chi connectivity index (χ3n) is 2.10. The molecule has 0 spiro atoms. The van der Waals surface area contributed by atoms with Crippen LogP contribution in [0.2, 0.25) is 0 Å². The van der Waals surface area contributed by atoms with Crippen molar-refractivity contribution in [2.75, 3.05) is 18.8 Å². The SMILES string of the molecule is CCNC(=O)NCC1CCCCS1. The van der Waals surface area contributed by atoms with Gasteiger partial charge in [0.15, 0.2) is 0 Å². The molecule has 1 saturated heterocycles. The number of carbonyl (C=O) groups excluding carboxylic acids is 1. The molecule has 2 N–H and O–H groups in total. The number of rotatable bonds is 3. The van der Waals surface area contributed by atoms with Gasteiger partial charge in [-0.3, -0.25) is 0 Å². The second-order valence-corrected chi connectivity index (χ2v) is 4.64. The first-order valence-corrected chi connectivity index (χ1v) is 6.01. The Hall–Kier alpha value is -0.380. The van der Waals surface area contributed by atoms with Crippen LogP contribution in [-0.2, 0) is 0 Å². The first-order chi connectivity index (χ1) is 6.33. The van der Waals surface area contributed by atoms with E-state index in [1.807, 2.05) is 18.7 Å². The number of urea groups is 1. The Bertz CT molecular complexity index is 158. The van der Waals surface area contributed by atoms with Gasteiger partial charge in [-0.2, -0.15) is 11.8 Å². The Labute approximate surface area is 84.0 Å². The highest BCUT2D eigenvalue weighted by atomic mass is 32.2. The molecule has 0 radical (unpaired) electrons. The van der Waals surface area contributed by atoms with E-state index in [2.05, 4.69) is 10.6 Å². The number of hydrogen-bond acceptors (Lipinski definition) is 2. The van der Waals surface area contributed by atoms with Crippen LogP contribution in [-0.4, -0.2) is 30.1 Å². The van der Waals surface area contributed by atoms with Crippen LogP contribution in [0.15, 0.2) is 0 Å². The van der Waals surface area contributed by atoms with Crippen LogP contribution in [0.1, 0.15) is 26.2 Å². The molecule has 1 heterocycles. The zero-order valence-corrected chi connectivity index (χ0v) is 8.95. The van der Waals surface area contributed by atoms with Gasteiger partial charge in [-0.25, -0.2) is 4.79 Å². The molecule has 76 valence electrons. The summed E-state index contributed by atoms with van der Waals surface area (Å²) in [5.74, 6) is 1.25. The van der Waals surface area contributed by atoms with Crippen molar-refractivity contribution in [3.05, 3.63) is 0 Å². The normalized spacial score (nSPS) is 22.4. The second-order valence-electron chi connectivity index (χ2n) is 3.23. The van der Waals surface area contributed by atoms with E-state index in [4.69, 9.17) is 0 Å². The fourth-order valence-corrected chi connectivity index (χ4v) is 2.64. The molecule has 13 heavy (non-hydrogen) atoms. The average molecular weight is 202 g/mol. The maximum atomic E-state index is 11.1. The van der Waals surface area contributed by atoms with Gasteiger partial charge in [0.05, 0.1) is 0 Å². The summed E-state index contributed by atoms with van der Waals surface area (Å²) in [7, 11) is 0. The molecule has 0 aromatic carbocycles. The zero-order valence-electron chi connectivity index (χ0n) is 8.14. The maximum Gasteiger partial charge on any atom is 0.314 e. The van der Waals surface area contributed by atoms with E-state index in [1.165, 1.54) is 25.0 Å². The summed E-state index contributed by atoms with van der Waals surface area (Å²) in [6, 6.07) is -0.0336. The first-order valence-electron chi connectivity index (χ1n) is 4.96. The smallest absolute Gasteiger partial charge is 0.314 e. The van der Waals surface area contributed by atoms with Gasteiger partial charge in [0, 0.05) is 18.3 Å². The highest BCUT2D eigenvalue weighted by molar-refractivity contribution is 7.99. The molecule has 0 saturated carbocycles. The fraction of sp³-hybridized carbons (Fsp3) is 0.889. The number of carbonyl (C=O) groups is 1. The van der Waals surface area contributed by atoms with Crippen LogP contribution >= 0.6 is 11.8 Å². The monoisotopic (exact) mass is 202 g/mol. The fourth-order valence-electron chi connectivity index (χ4n) is 1.40. The highest BCUT2D eigenvalue weighted by Crippen LogP contribution is 2.24. The van der Waals surface area contributed by atoms with E-state index >= 15 is 0 Å². The van der Waals surface area contributed by atoms with Gasteiger partial charge in [0.25, 0.3) is 0 Å². The van der Waals surface area contributed by atoms with Crippen LogP contribution in [0.25, 0.3) is 0 Å². The predicted molar refractivity (Wildman–Crippen MR) is 57.2 cm³/mol. The van der Waals surface area contributed by atoms with Gasteiger partial charge in [-0.1, -0.05) is 6.42 Å². The molecule has 1 atom stereocenters. The molecule has 1 rings (SSSR count). The summed E-state index contributed by atoms with van der Waals surface area (Å²) in [4.78, 5) is 11.1. The number of thioether (sulfide) groups is 1. The van der Waals surface area contributed by atoms with Crippen molar-refractivity contribution in [1.29, 1.82) is 0 Å². The van der Waals surface area contributed by atoms with Crippen LogP contribution in [0.3, 0.4) is 0 Å². The lowest BCUT2D eigenvalue weighted by molar-refractivity contribution is 0.241. The molecule has 1 aliphatic rings. The molecular weight excluding hydrogens is 184 g/mol. The summed E-state index contributed by atoms with van der Waals surface area (Å²) in [6.07, 6.45) is 3.90. The molecule has 4 heteroatoms. The quantitative estimate of drug-likeness (QED) is 0.729. The summed E-state index contributed by atoms with van der Waals surface area (Å²) < 4.78 is 0. The van der Waals surface area contributed by atoms with Crippen molar-refractivity contribution >= 4 is 17.8 Å². The Kier molecular flexibility index (Phi) is 5.05. The van der Waals surface area contributed by atoms with E-state index in [-0.39, 0.29) is 6.03 Å². The second kappa shape index (κ2) is 6.13. The minimum atomic E-state index is -0.0336. The molecule has 3 nitrogen and oxygen atoms in total. The van der Waals surface area contributed by atoms with Crippen LogP contribution in [0, 0.1) is 0 Å². The third-order valence-corrected chi connectivity index (χ3v) is 3.50. The molecule has 0 aromatic heterocycles. The molecule has 2 amide bonds. The summed E-state index contributed by atoms with van der Waals surface area (Å²) >= 11 is 1.98. The lowest BCUT2D eigenvalue weighted by atomic mass is 10.2. The predicted octanol–water partition coefficient (Wildman–Crippen LogP) is 1.59. The molecule has 0 aliphatic carbocycles. The van der Waals surface area contributed by atoms with Crippen molar-refractivity contribution in [3.63, 3.8) is 0 Å². The van der Waals surface area contributed by atoms with Crippen LogP contribution in [0.4, 0.5) is 4.79 Å². The minimum Gasteiger partial charge on any atom is -0.338 e. The topological polar surface area (TPSA) is 41.1 Å². The standard InChI is InChI=1S/C9H18N2OS/c1-2-10-9(12)11-7-8-5-3-4-6-13-8/h8H,2-7H2,1H3,(H2,10,11,12). The van der Waals surface area contributed by atoms with E-state index in [0.29, 0.717) is 11.8 Å². The summed E-state index contributed by atoms with van der Waals surface area (Å²) in [5.41, 5.74) is 0. The first kappa shape index (κ1) is 10.7. The lowest BCUT2D eigenvalue weighted by Gasteiger charge is -2.21. The summed E-state index contributed by atoms with van der Waals surface area (Å²) in [6.45, 7) is 3.44. The van der Waals surface area contributed by atoms with Gasteiger partial charge in [-0.15, -0.1) is 0 Å². The number of hydrogen-bond donors (Lipinski definition) is 2. The van der Waals surface area contributed by atoms with Crippen molar-refractivity contribution in [1.82, 2.24) is 10.6 Å². The molecule has 1 fully saturated rings.